The number of nitrogens with zero attached hydrogens (tertiary/aromatic N) is 1. The van der Waals surface area contributed by atoms with E-state index in [1.165, 1.54) is 11.8 Å². The van der Waals surface area contributed by atoms with Crippen LogP contribution in [0.5, 0.6) is 11.5 Å². The van der Waals surface area contributed by atoms with Gasteiger partial charge < -0.3 is 14.8 Å². The van der Waals surface area contributed by atoms with Crippen LogP contribution < -0.4 is 14.8 Å². The summed E-state index contributed by atoms with van der Waals surface area (Å²) in [5.41, 5.74) is 1.58. The van der Waals surface area contributed by atoms with E-state index in [2.05, 4.69) is 10.3 Å². The maximum atomic E-state index is 12.3. The van der Waals surface area contributed by atoms with E-state index in [1.54, 1.807) is 13.2 Å². The third-order valence-corrected chi connectivity index (χ3v) is 4.42. The number of carbonyl (C=O) groups excluding carboxylic acids is 1. The average Bonchev–Trinajstić information content (AvgIpc) is 2.96. The van der Waals surface area contributed by atoms with Crippen molar-refractivity contribution in [3.05, 3.63) is 59.0 Å². The van der Waals surface area contributed by atoms with Gasteiger partial charge in [-0.25, -0.2) is 4.99 Å². The van der Waals surface area contributed by atoms with Crippen LogP contribution in [0.4, 0.5) is 5.69 Å². The lowest BCUT2D eigenvalue weighted by Crippen LogP contribution is -2.19. The molecule has 1 fully saturated rings. The highest BCUT2D eigenvalue weighted by Crippen LogP contribution is 2.36. The molecule has 1 saturated heterocycles. The van der Waals surface area contributed by atoms with Gasteiger partial charge in [-0.3, -0.25) is 4.79 Å². The molecule has 1 aliphatic rings. The molecule has 0 atom stereocenters. The summed E-state index contributed by atoms with van der Waals surface area (Å²) >= 11 is 1.30. The molecule has 2 aromatic carbocycles. The van der Waals surface area contributed by atoms with E-state index >= 15 is 0 Å². The van der Waals surface area contributed by atoms with Gasteiger partial charge in [0.15, 0.2) is 16.7 Å². The van der Waals surface area contributed by atoms with Crippen LogP contribution in [0.1, 0.15) is 19.4 Å². The number of hydrogen-bond acceptors (Lipinski definition) is 5. The molecular formula is C20H20N2O3S. The Morgan fingerprint density at radius 2 is 1.88 bits per heavy atom. The highest BCUT2D eigenvalue weighted by atomic mass is 32.2. The van der Waals surface area contributed by atoms with Crippen LogP contribution in [0, 0.1) is 0 Å². The maximum Gasteiger partial charge on any atom is 0.264 e. The number of aliphatic imine (C=N–C) groups is 1. The first-order chi connectivity index (χ1) is 12.6. The van der Waals surface area contributed by atoms with Gasteiger partial charge in [-0.05, 0) is 49.9 Å². The van der Waals surface area contributed by atoms with E-state index in [9.17, 15) is 4.79 Å². The molecule has 1 heterocycles. The molecule has 0 spiro atoms. The van der Waals surface area contributed by atoms with Crippen LogP contribution in [0.3, 0.4) is 0 Å². The molecule has 3 rings (SSSR count). The van der Waals surface area contributed by atoms with Gasteiger partial charge in [0.1, 0.15) is 0 Å². The minimum Gasteiger partial charge on any atom is -0.493 e. The lowest BCUT2D eigenvalue weighted by Gasteiger charge is -2.16. The zero-order valence-corrected chi connectivity index (χ0v) is 15.7. The van der Waals surface area contributed by atoms with E-state index < -0.39 is 0 Å². The fourth-order valence-electron chi connectivity index (χ4n) is 2.41. The quantitative estimate of drug-likeness (QED) is 0.796. The molecular weight excluding hydrogens is 348 g/mol. The smallest absolute Gasteiger partial charge is 0.264 e. The summed E-state index contributed by atoms with van der Waals surface area (Å²) in [7, 11) is 1.60. The molecule has 0 bridgehead atoms. The van der Waals surface area contributed by atoms with Crippen molar-refractivity contribution in [2.24, 2.45) is 4.99 Å². The lowest BCUT2D eigenvalue weighted by atomic mass is 10.1. The Balaban J connectivity index is 1.91. The molecule has 134 valence electrons. The molecule has 0 radical (unpaired) electrons. The molecule has 6 heteroatoms. The van der Waals surface area contributed by atoms with E-state index in [4.69, 9.17) is 9.47 Å². The maximum absolute atomic E-state index is 12.3. The van der Waals surface area contributed by atoms with Crippen LogP contribution in [0.25, 0.3) is 6.08 Å². The Morgan fingerprint density at radius 1 is 1.12 bits per heavy atom. The Bertz CT molecular complexity index is 861. The van der Waals surface area contributed by atoms with Gasteiger partial charge in [0.05, 0.1) is 23.8 Å². The van der Waals surface area contributed by atoms with E-state index in [-0.39, 0.29) is 12.0 Å². The topological polar surface area (TPSA) is 59.9 Å². The number of amides is 1. The van der Waals surface area contributed by atoms with Crippen molar-refractivity contribution in [1.29, 1.82) is 0 Å². The SMILES string of the molecule is COc1cccc(/C=C2\SC(=Nc3ccccc3)NC2=O)c1OC(C)C. The summed E-state index contributed by atoms with van der Waals surface area (Å²) in [6.45, 7) is 3.90. The minimum atomic E-state index is -0.178. The Labute approximate surface area is 157 Å². The van der Waals surface area contributed by atoms with E-state index in [0.717, 1.165) is 11.3 Å². The number of methoxy groups -OCH3 is 1. The van der Waals surface area contributed by atoms with Crippen LogP contribution in [0.2, 0.25) is 0 Å². The second-order valence-corrected chi connectivity index (χ2v) is 6.89. The van der Waals surface area contributed by atoms with Crippen LogP contribution in [0.15, 0.2) is 58.4 Å². The first-order valence-electron chi connectivity index (χ1n) is 8.25. The molecule has 0 saturated carbocycles. The number of para-hydroxylation sites is 2. The Kier molecular flexibility index (Phi) is 5.63. The fraction of sp³-hybridized carbons (Fsp3) is 0.200. The third kappa shape index (κ3) is 4.26. The van der Waals surface area contributed by atoms with Gasteiger partial charge in [-0.2, -0.15) is 0 Å². The predicted molar refractivity (Wildman–Crippen MR) is 106 cm³/mol. The largest absolute Gasteiger partial charge is 0.493 e. The van der Waals surface area contributed by atoms with Crippen molar-refractivity contribution >= 4 is 34.6 Å². The first kappa shape index (κ1) is 18.1. The number of hydrogen-bond donors (Lipinski definition) is 1. The van der Waals surface area contributed by atoms with Crippen molar-refractivity contribution in [2.45, 2.75) is 20.0 Å². The lowest BCUT2D eigenvalue weighted by molar-refractivity contribution is -0.115. The second kappa shape index (κ2) is 8.10. The summed E-state index contributed by atoms with van der Waals surface area (Å²) in [6.07, 6.45) is 1.79. The third-order valence-electron chi connectivity index (χ3n) is 3.51. The molecule has 1 aliphatic heterocycles. The number of thioether (sulfide) groups is 1. The summed E-state index contributed by atoms with van der Waals surface area (Å²) in [6, 6.07) is 15.1. The number of rotatable bonds is 5. The number of carbonyl (C=O) groups is 1. The Morgan fingerprint density at radius 3 is 2.58 bits per heavy atom. The van der Waals surface area contributed by atoms with Crippen molar-refractivity contribution in [3.63, 3.8) is 0 Å². The molecule has 5 nitrogen and oxygen atoms in total. The summed E-state index contributed by atoms with van der Waals surface area (Å²) in [5, 5.41) is 3.35. The van der Waals surface area contributed by atoms with Gasteiger partial charge in [0.25, 0.3) is 5.91 Å². The van der Waals surface area contributed by atoms with E-state index in [1.807, 2.05) is 62.4 Å². The zero-order chi connectivity index (χ0) is 18.5. The Hall–Kier alpha value is -2.73. The standard InChI is InChI=1S/C20H20N2O3S/c1-13(2)25-18-14(8-7-11-16(18)24-3)12-17-19(23)22-20(26-17)21-15-9-5-4-6-10-15/h4-13H,1-3H3,(H,21,22,23)/b17-12-. The van der Waals surface area contributed by atoms with Gasteiger partial charge in [-0.15, -0.1) is 0 Å². The molecule has 0 aromatic heterocycles. The molecule has 26 heavy (non-hydrogen) atoms. The number of ether oxygens (including phenoxy) is 2. The van der Waals surface area contributed by atoms with Gasteiger partial charge in [0, 0.05) is 5.56 Å². The molecule has 1 amide bonds. The van der Waals surface area contributed by atoms with E-state index in [0.29, 0.717) is 21.6 Å². The molecule has 0 unspecified atom stereocenters. The van der Waals surface area contributed by atoms with Crippen molar-refractivity contribution in [2.75, 3.05) is 7.11 Å². The van der Waals surface area contributed by atoms with Crippen molar-refractivity contribution < 1.29 is 14.3 Å². The van der Waals surface area contributed by atoms with Crippen LogP contribution >= 0.6 is 11.8 Å². The predicted octanol–water partition coefficient (Wildman–Crippen LogP) is 4.37. The highest BCUT2D eigenvalue weighted by molar-refractivity contribution is 8.18. The first-order valence-corrected chi connectivity index (χ1v) is 9.07. The monoisotopic (exact) mass is 368 g/mol. The fourth-order valence-corrected chi connectivity index (χ4v) is 3.24. The van der Waals surface area contributed by atoms with Gasteiger partial charge in [-0.1, -0.05) is 30.3 Å². The highest BCUT2D eigenvalue weighted by Gasteiger charge is 2.24. The normalized spacial score (nSPS) is 17.0. The summed E-state index contributed by atoms with van der Waals surface area (Å²) < 4.78 is 11.3. The zero-order valence-electron chi connectivity index (χ0n) is 14.9. The van der Waals surface area contributed by atoms with Crippen LogP contribution in [-0.4, -0.2) is 24.3 Å². The van der Waals surface area contributed by atoms with Crippen molar-refractivity contribution in [1.82, 2.24) is 5.32 Å². The second-order valence-electron chi connectivity index (χ2n) is 5.86. The molecule has 0 aliphatic carbocycles. The molecule has 1 N–H and O–H groups in total. The minimum absolute atomic E-state index is 0.0105. The van der Waals surface area contributed by atoms with Gasteiger partial charge in [0.2, 0.25) is 0 Å². The van der Waals surface area contributed by atoms with Crippen LogP contribution in [-0.2, 0) is 4.79 Å². The number of nitrogens with one attached hydrogen (secondary N) is 1. The van der Waals surface area contributed by atoms with Crippen molar-refractivity contribution in [3.8, 4) is 11.5 Å². The number of amidine groups is 1. The molecule has 2 aromatic rings. The summed E-state index contributed by atoms with van der Waals surface area (Å²) in [5.74, 6) is 1.08. The number of benzene rings is 2. The van der Waals surface area contributed by atoms with Gasteiger partial charge >= 0.3 is 0 Å². The average molecular weight is 368 g/mol. The summed E-state index contributed by atoms with van der Waals surface area (Å²) in [4.78, 5) is 17.3.